The van der Waals surface area contributed by atoms with Gasteiger partial charge in [0.25, 0.3) is 5.91 Å². The van der Waals surface area contributed by atoms with E-state index in [4.69, 9.17) is 9.15 Å². The molecule has 9 nitrogen and oxygen atoms in total. The van der Waals surface area contributed by atoms with Crippen molar-refractivity contribution in [3.8, 4) is 0 Å². The molecular weight excluding hydrogens is 422 g/mol. The highest BCUT2D eigenvalue weighted by Gasteiger charge is 2.18. The van der Waals surface area contributed by atoms with Gasteiger partial charge < -0.3 is 19.8 Å². The summed E-state index contributed by atoms with van der Waals surface area (Å²) in [6.45, 7) is 4.96. The Morgan fingerprint density at radius 3 is 2.45 bits per heavy atom. The number of furan rings is 1. The molecule has 2 rings (SSSR count). The van der Waals surface area contributed by atoms with Crippen molar-refractivity contribution < 1.29 is 28.3 Å². The second-order valence-corrected chi connectivity index (χ2v) is 8.49. The molecule has 0 saturated heterocycles. The number of rotatable bonds is 8. The van der Waals surface area contributed by atoms with E-state index in [0.717, 1.165) is 11.8 Å². The van der Waals surface area contributed by atoms with E-state index in [-0.39, 0.29) is 23.8 Å². The number of carbonyl (C=O) groups is 4. The van der Waals surface area contributed by atoms with Crippen molar-refractivity contribution in [1.82, 2.24) is 16.0 Å². The molecule has 0 fully saturated rings. The molecule has 3 N–H and O–H groups in total. The fourth-order valence-electron chi connectivity index (χ4n) is 2.30. The van der Waals surface area contributed by atoms with Gasteiger partial charge in [-0.25, -0.2) is 9.59 Å². The number of ether oxygens (including phenoxy) is 1. The van der Waals surface area contributed by atoms with Crippen molar-refractivity contribution >= 4 is 35.6 Å². The molecule has 0 spiro atoms. The highest BCUT2D eigenvalue weighted by atomic mass is 32.2. The minimum Gasteiger partial charge on any atom is -0.467 e. The first-order chi connectivity index (χ1) is 14.6. The molecule has 4 amide bonds. The maximum atomic E-state index is 12.4. The average molecular weight is 448 g/mol. The van der Waals surface area contributed by atoms with Gasteiger partial charge in [-0.1, -0.05) is 12.1 Å². The number of thioether (sulfide) groups is 1. The number of amides is 4. The molecule has 0 unspecified atom stereocenters. The van der Waals surface area contributed by atoms with Crippen LogP contribution in [0.5, 0.6) is 0 Å². The third kappa shape index (κ3) is 8.95. The summed E-state index contributed by atoms with van der Waals surface area (Å²) in [6, 6.07) is 9.40. The van der Waals surface area contributed by atoms with Crippen molar-refractivity contribution in [2.45, 2.75) is 37.8 Å². The van der Waals surface area contributed by atoms with E-state index in [1.54, 1.807) is 51.1 Å². The van der Waals surface area contributed by atoms with Crippen molar-refractivity contribution in [2.24, 2.45) is 0 Å². The SMILES string of the molecule is CC(C)(C)NC(=O)NC(=O)COC(=O)c1ccccc1SCC(=O)NCc1ccco1. The van der Waals surface area contributed by atoms with Crippen molar-refractivity contribution in [1.29, 1.82) is 0 Å². The Morgan fingerprint density at radius 2 is 1.77 bits per heavy atom. The lowest BCUT2D eigenvalue weighted by atomic mass is 10.1. The fourth-order valence-corrected chi connectivity index (χ4v) is 3.17. The zero-order valence-corrected chi connectivity index (χ0v) is 18.3. The van der Waals surface area contributed by atoms with Gasteiger partial charge in [-0.3, -0.25) is 14.9 Å². The number of nitrogens with one attached hydrogen (secondary N) is 3. The molecule has 10 heteroatoms. The van der Waals surface area contributed by atoms with Gasteiger partial charge in [0.1, 0.15) is 5.76 Å². The quantitative estimate of drug-likeness (QED) is 0.419. The Labute approximate surface area is 184 Å². The molecule has 1 heterocycles. The molecule has 2 aromatic rings. The van der Waals surface area contributed by atoms with Gasteiger partial charge in [-0.05, 0) is 45.0 Å². The van der Waals surface area contributed by atoms with Crippen molar-refractivity contribution in [3.05, 3.63) is 54.0 Å². The highest BCUT2D eigenvalue weighted by Crippen LogP contribution is 2.23. The molecule has 166 valence electrons. The normalized spacial score (nSPS) is 10.8. The van der Waals surface area contributed by atoms with Gasteiger partial charge in [-0.2, -0.15) is 0 Å². The summed E-state index contributed by atoms with van der Waals surface area (Å²) >= 11 is 1.16. The molecule has 1 aromatic heterocycles. The van der Waals surface area contributed by atoms with E-state index in [9.17, 15) is 19.2 Å². The zero-order chi connectivity index (χ0) is 22.9. The molecule has 0 radical (unpaired) electrons. The number of urea groups is 1. The summed E-state index contributed by atoms with van der Waals surface area (Å²) in [7, 11) is 0. The second kappa shape index (κ2) is 11.2. The molecule has 0 aliphatic carbocycles. The summed E-state index contributed by atoms with van der Waals surface area (Å²) in [6.07, 6.45) is 1.52. The van der Waals surface area contributed by atoms with Crippen molar-refractivity contribution in [3.63, 3.8) is 0 Å². The summed E-state index contributed by atoms with van der Waals surface area (Å²) < 4.78 is 10.2. The number of hydrogen-bond donors (Lipinski definition) is 3. The number of imide groups is 1. The standard InChI is InChI=1S/C21H25N3O6S/c1-21(2,3)24-20(28)23-17(25)12-30-19(27)15-8-4-5-9-16(15)31-13-18(26)22-11-14-7-6-10-29-14/h4-10H,11-13H2,1-3H3,(H,22,26)(H2,23,24,25,28). The molecule has 0 bridgehead atoms. The Kier molecular flexibility index (Phi) is 8.68. The highest BCUT2D eigenvalue weighted by molar-refractivity contribution is 8.00. The first-order valence-electron chi connectivity index (χ1n) is 9.44. The molecule has 31 heavy (non-hydrogen) atoms. The third-order valence-electron chi connectivity index (χ3n) is 3.58. The van der Waals surface area contributed by atoms with Gasteiger partial charge in [0, 0.05) is 10.4 Å². The predicted molar refractivity (Wildman–Crippen MR) is 114 cm³/mol. The van der Waals surface area contributed by atoms with Crippen LogP contribution >= 0.6 is 11.8 Å². The number of carbonyl (C=O) groups excluding carboxylic acids is 4. The van der Waals surface area contributed by atoms with Crippen LogP contribution in [0.1, 0.15) is 36.9 Å². The van der Waals surface area contributed by atoms with Gasteiger partial charge in [0.15, 0.2) is 6.61 Å². The lowest BCUT2D eigenvalue weighted by Gasteiger charge is -2.20. The first kappa shape index (κ1) is 24.0. The lowest BCUT2D eigenvalue weighted by molar-refractivity contribution is -0.123. The van der Waals surface area contributed by atoms with Crippen LogP contribution in [0.15, 0.2) is 52.0 Å². The van der Waals surface area contributed by atoms with Crippen LogP contribution < -0.4 is 16.0 Å². The number of benzene rings is 1. The molecule has 0 atom stereocenters. The van der Waals surface area contributed by atoms with Crippen LogP contribution in [-0.2, 0) is 20.9 Å². The van der Waals surface area contributed by atoms with E-state index in [1.165, 1.54) is 12.3 Å². The molecular formula is C21H25N3O6S. The summed E-state index contributed by atoms with van der Waals surface area (Å²) in [5.74, 6) is -0.994. The maximum absolute atomic E-state index is 12.4. The molecule has 1 aromatic carbocycles. The number of esters is 1. The zero-order valence-electron chi connectivity index (χ0n) is 17.5. The largest absolute Gasteiger partial charge is 0.467 e. The second-order valence-electron chi connectivity index (χ2n) is 7.47. The smallest absolute Gasteiger partial charge is 0.339 e. The lowest BCUT2D eigenvalue weighted by Crippen LogP contribution is -2.49. The van der Waals surface area contributed by atoms with Crippen LogP contribution in [0, 0.1) is 0 Å². The Hall–Kier alpha value is -3.27. The van der Waals surface area contributed by atoms with Crippen LogP contribution in [0.4, 0.5) is 4.79 Å². The van der Waals surface area contributed by atoms with E-state index in [2.05, 4.69) is 16.0 Å². The first-order valence-corrected chi connectivity index (χ1v) is 10.4. The Balaban J connectivity index is 1.83. The molecule has 0 aliphatic heterocycles. The predicted octanol–water partition coefficient (Wildman–Crippen LogP) is 2.47. The monoisotopic (exact) mass is 447 g/mol. The van der Waals surface area contributed by atoms with E-state index >= 15 is 0 Å². The Bertz CT molecular complexity index is 921. The van der Waals surface area contributed by atoms with E-state index in [1.807, 2.05) is 0 Å². The Morgan fingerprint density at radius 1 is 1.03 bits per heavy atom. The van der Waals surface area contributed by atoms with Crippen LogP contribution in [0.2, 0.25) is 0 Å². The van der Waals surface area contributed by atoms with Crippen LogP contribution in [-0.4, -0.2) is 41.7 Å². The van der Waals surface area contributed by atoms with Crippen LogP contribution in [0.3, 0.4) is 0 Å². The van der Waals surface area contributed by atoms with Gasteiger partial charge in [0.2, 0.25) is 5.91 Å². The third-order valence-corrected chi connectivity index (χ3v) is 4.65. The number of hydrogen-bond acceptors (Lipinski definition) is 7. The van der Waals surface area contributed by atoms with Gasteiger partial charge in [0.05, 0.1) is 24.1 Å². The van der Waals surface area contributed by atoms with Crippen molar-refractivity contribution in [2.75, 3.05) is 12.4 Å². The topological polar surface area (TPSA) is 127 Å². The average Bonchev–Trinajstić information content (AvgIpc) is 3.21. The minimum absolute atomic E-state index is 0.0818. The van der Waals surface area contributed by atoms with E-state index < -0.39 is 30.1 Å². The summed E-state index contributed by atoms with van der Waals surface area (Å²) in [5, 5.41) is 7.38. The summed E-state index contributed by atoms with van der Waals surface area (Å²) in [4.78, 5) is 48.5. The fraction of sp³-hybridized carbons (Fsp3) is 0.333. The minimum atomic E-state index is -0.752. The van der Waals surface area contributed by atoms with E-state index in [0.29, 0.717) is 10.7 Å². The molecule has 0 aliphatic rings. The maximum Gasteiger partial charge on any atom is 0.339 e. The summed E-state index contributed by atoms with van der Waals surface area (Å²) in [5.41, 5.74) is -0.292. The van der Waals surface area contributed by atoms with Gasteiger partial charge in [-0.15, -0.1) is 11.8 Å². The van der Waals surface area contributed by atoms with Crippen LogP contribution in [0.25, 0.3) is 0 Å². The molecule has 0 saturated carbocycles. The van der Waals surface area contributed by atoms with Gasteiger partial charge >= 0.3 is 12.0 Å².